The van der Waals surface area contributed by atoms with Crippen molar-refractivity contribution in [3.8, 4) is 16.9 Å². The quantitative estimate of drug-likeness (QED) is 0.407. The molecule has 5 aliphatic rings. The monoisotopic (exact) mass is 570 g/mol. The van der Waals surface area contributed by atoms with Gasteiger partial charge in [0.25, 0.3) is 11.8 Å². The maximum atomic E-state index is 13.4. The highest BCUT2D eigenvalue weighted by molar-refractivity contribution is 7.12. The van der Waals surface area contributed by atoms with Gasteiger partial charge in [-0.05, 0) is 109 Å². The van der Waals surface area contributed by atoms with Crippen molar-refractivity contribution in [2.45, 2.75) is 38.5 Å². The van der Waals surface area contributed by atoms with E-state index in [1.165, 1.54) is 56.1 Å². The Labute approximate surface area is 245 Å². The highest BCUT2D eigenvalue weighted by Gasteiger charge is 2.51. The SMILES string of the molecule is CN(CC12CC3CC(CC(C3)C1)C2)C(=O)c1ccc(N2CCN(C(=O)c3cc(-c4cncc(O)c4)cs3)CC2)cc1. The summed E-state index contributed by atoms with van der Waals surface area (Å²) in [4.78, 5) is 37.5. The molecule has 8 heteroatoms. The number of benzene rings is 1. The average molecular weight is 571 g/mol. The van der Waals surface area contributed by atoms with Crippen LogP contribution in [0.3, 0.4) is 0 Å². The predicted octanol–water partition coefficient (Wildman–Crippen LogP) is 5.77. The molecular weight excluding hydrogens is 532 g/mol. The highest BCUT2D eigenvalue weighted by Crippen LogP contribution is 2.60. The van der Waals surface area contributed by atoms with Crippen LogP contribution in [-0.4, -0.2) is 71.5 Å². The molecule has 0 radical (unpaired) electrons. The summed E-state index contributed by atoms with van der Waals surface area (Å²) in [7, 11) is 1.99. The maximum Gasteiger partial charge on any atom is 0.264 e. The summed E-state index contributed by atoms with van der Waals surface area (Å²) in [6.45, 7) is 3.69. The van der Waals surface area contributed by atoms with Gasteiger partial charge in [-0.1, -0.05) is 0 Å². The maximum absolute atomic E-state index is 13.4. The number of aromatic hydroxyl groups is 1. The van der Waals surface area contributed by atoms with Crippen LogP contribution >= 0.6 is 11.3 Å². The number of hydrogen-bond donors (Lipinski definition) is 1. The standard InChI is InChI=1S/C33H38N4O3S/c1-35(21-33-15-22-10-23(16-33)12-24(11-22)17-33)31(39)25-2-4-28(5-3-25)36-6-8-37(9-7-36)32(40)30-14-27(20-41-30)26-13-29(38)19-34-18-26/h2-5,13-14,18-20,22-24,38H,6-12,15-17,21H2,1H3. The number of carbonyl (C=O) groups is 2. The van der Waals surface area contributed by atoms with E-state index in [0.29, 0.717) is 23.4 Å². The number of thiophene rings is 1. The third-order valence-electron chi connectivity index (χ3n) is 10.00. The van der Waals surface area contributed by atoms with E-state index >= 15 is 0 Å². The van der Waals surface area contributed by atoms with Crippen molar-refractivity contribution in [1.29, 1.82) is 0 Å². The number of hydrogen-bond acceptors (Lipinski definition) is 6. The fourth-order valence-electron chi connectivity index (χ4n) is 8.60. The number of amides is 2. The zero-order valence-corrected chi connectivity index (χ0v) is 24.5. The van der Waals surface area contributed by atoms with Crippen molar-refractivity contribution in [2.24, 2.45) is 23.2 Å². The molecule has 4 saturated carbocycles. The molecule has 1 N–H and O–H groups in total. The van der Waals surface area contributed by atoms with Crippen molar-refractivity contribution in [1.82, 2.24) is 14.8 Å². The van der Waals surface area contributed by atoms with E-state index in [9.17, 15) is 14.7 Å². The highest BCUT2D eigenvalue weighted by atomic mass is 32.1. The summed E-state index contributed by atoms with van der Waals surface area (Å²) in [5.41, 5.74) is 3.88. The van der Waals surface area contributed by atoms with Crippen LogP contribution in [0.25, 0.3) is 11.1 Å². The molecule has 7 nitrogen and oxygen atoms in total. The number of nitrogens with zero attached hydrogens (tertiary/aromatic N) is 4. The van der Waals surface area contributed by atoms with E-state index in [2.05, 4.69) is 22.0 Å². The van der Waals surface area contributed by atoms with Crippen LogP contribution in [0.4, 0.5) is 5.69 Å². The Morgan fingerprint density at radius 2 is 1.61 bits per heavy atom. The summed E-state index contributed by atoms with van der Waals surface area (Å²) in [5.74, 6) is 2.95. The van der Waals surface area contributed by atoms with E-state index in [4.69, 9.17) is 0 Å². The molecule has 8 rings (SSSR count). The molecule has 0 atom stereocenters. The molecule has 5 fully saturated rings. The van der Waals surface area contributed by atoms with Gasteiger partial charge in [0.2, 0.25) is 0 Å². The number of pyridine rings is 1. The number of aromatic nitrogens is 1. The number of carbonyl (C=O) groups excluding carboxylic acids is 2. The molecule has 4 bridgehead atoms. The smallest absolute Gasteiger partial charge is 0.264 e. The minimum Gasteiger partial charge on any atom is -0.506 e. The number of piperazine rings is 1. The molecule has 4 aliphatic carbocycles. The summed E-state index contributed by atoms with van der Waals surface area (Å²) in [6, 6.07) is 11.6. The van der Waals surface area contributed by atoms with Gasteiger partial charge < -0.3 is 19.8 Å². The van der Waals surface area contributed by atoms with Crippen LogP contribution in [0.1, 0.15) is 58.6 Å². The van der Waals surface area contributed by atoms with Crippen molar-refractivity contribution in [2.75, 3.05) is 44.7 Å². The van der Waals surface area contributed by atoms with E-state index in [1.807, 2.05) is 40.4 Å². The lowest BCUT2D eigenvalue weighted by Crippen LogP contribution is -2.51. The largest absolute Gasteiger partial charge is 0.506 e. The molecular formula is C33H38N4O3S. The lowest BCUT2D eigenvalue weighted by atomic mass is 9.49. The lowest BCUT2D eigenvalue weighted by Gasteiger charge is -2.57. The van der Waals surface area contributed by atoms with Gasteiger partial charge in [0.15, 0.2) is 0 Å². The topological polar surface area (TPSA) is 77.0 Å². The molecule has 0 spiro atoms. The van der Waals surface area contributed by atoms with Crippen molar-refractivity contribution >= 4 is 28.8 Å². The molecule has 0 unspecified atom stereocenters. The number of rotatable bonds is 6. The van der Waals surface area contributed by atoms with Crippen LogP contribution < -0.4 is 4.90 Å². The predicted molar refractivity (Wildman–Crippen MR) is 161 cm³/mol. The van der Waals surface area contributed by atoms with Gasteiger partial charge in [0.05, 0.1) is 11.1 Å². The van der Waals surface area contributed by atoms with E-state index < -0.39 is 0 Å². The zero-order valence-electron chi connectivity index (χ0n) is 23.7. The van der Waals surface area contributed by atoms with Crippen molar-refractivity contribution in [3.05, 3.63) is 64.6 Å². The van der Waals surface area contributed by atoms with Crippen LogP contribution in [0.5, 0.6) is 5.75 Å². The summed E-state index contributed by atoms with van der Waals surface area (Å²) in [5, 5.41) is 11.7. The number of anilines is 1. The summed E-state index contributed by atoms with van der Waals surface area (Å²) >= 11 is 1.42. The van der Waals surface area contributed by atoms with Crippen LogP contribution in [-0.2, 0) is 0 Å². The van der Waals surface area contributed by atoms with Crippen LogP contribution in [0, 0.1) is 23.2 Å². The van der Waals surface area contributed by atoms with Crippen molar-refractivity contribution in [3.63, 3.8) is 0 Å². The first-order valence-corrected chi connectivity index (χ1v) is 15.8. The van der Waals surface area contributed by atoms with E-state index in [1.54, 1.807) is 12.3 Å². The minimum absolute atomic E-state index is 0.0389. The molecule has 1 aliphatic heterocycles. The molecule has 3 aromatic rings. The normalized spacial score (nSPS) is 26.8. The Balaban J connectivity index is 0.938. The Bertz CT molecular complexity index is 1410. The van der Waals surface area contributed by atoms with Gasteiger partial charge in [0.1, 0.15) is 5.75 Å². The van der Waals surface area contributed by atoms with Gasteiger partial charge in [-0.15, -0.1) is 11.3 Å². The molecule has 3 heterocycles. The van der Waals surface area contributed by atoms with Gasteiger partial charge in [-0.25, -0.2) is 0 Å². The van der Waals surface area contributed by atoms with Crippen LogP contribution in [0.15, 0.2) is 54.2 Å². The summed E-state index contributed by atoms with van der Waals surface area (Å²) in [6.07, 6.45) is 11.3. The molecule has 2 aromatic heterocycles. The van der Waals surface area contributed by atoms with E-state index in [0.717, 1.165) is 59.8 Å². The molecule has 214 valence electrons. The fraction of sp³-hybridized carbons (Fsp3) is 0.485. The third kappa shape index (κ3) is 5.23. The first kappa shape index (κ1) is 26.5. The Kier molecular flexibility index (Phi) is 6.76. The molecule has 1 saturated heterocycles. The molecule has 1 aromatic carbocycles. The average Bonchev–Trinajstić information content (AvgIpc) is 3.46. The van der Waals surface area contributed by atoms with Gasteiger partial charge in [0, 0.05) is 62.8 Å². The summed E-state index contributed by atoms with van der Waals surface area (Å²) < 4.78 is 0. The first-order valence-electron chi connectivity index (χ1n) is 15.0. The lowest BCUT2D eigenvalue weighted by molar-refractivity contribution is -0.0629. The Morgan fingerprint density at radius 3 is 2.24 bits per heavy atom. The van der Waals surface area contributed by atoms with Crippen molar-refractivity contribution < 1.29 is 14.7 Å². The molecule has 2 amide bonds. The third-order valence-corrected chi connectivity index (χ3v) is 10.9. The van der Waals surface area contributed by atoms with Gasteiger partial charge in [-0.3, -0.25) is 14.6 Å². The second-order valence-electron chi connectivity index (χ2n) is 13.0. The molecule has 41 heavy (non-hydrogen) atoms. The van der Waals surface area contributed by atoms with Crippen LogP contribution in [0.2, 0.25) is 0 Å². The Morgan fingerprint density at radius 1 is 0.951 bits per heavy atom. The first-order chi connectivity index (χ1) is 19.8. The Hall–Kier alpha value is -3.39. The van der Waals surface area contributed by atoms with Gasteiger partial charge >= 0.3 is 0 Å². The fourth-order valence-corrected chi connectivity index (χ4v) is 9.49. The minimum atomic E-state index is 0.0389. The van der Waals surface area contributed by atoms with E-state index in [-0.39, 0.29) is 17.6 Å². The zero-order chi connectivity index (χ0) is 28.1. The second kappa shape index (κ2) is 10.5. The second-order valence-corrected chi connectivity index (χ2v) is 13.9. The van der Waals surface area contributed by atoms with Gasteiger partial charge in [-0.2, -0.15) is 0 Å².